The van der Waals surface area contributed by atoms with Crippen molar-refractivity contribution in [1.29, 1.82) is 0 Å². The van der Waals surface area contributed by atoms with E-state index in [4.69, 9.17) is 4.74 Å². The van der Waals surface area contributed by atoms with Crippen molar-refractivity contribution in [3.63, 3.8) is 0 Å². The van der Waals surface area contributed by atoms with Crippen LogP contribution in [0.5, 0.6) is 5.75 Å². The first kappa shape index (κ1) is 18.0. The highest BCUT2D eigenvalue weighted by atomic mass is 19.4. The summed E-state index contributed by atoms with van der Waals surface area (Å²) in [6.07, 6.45) is -1.57. The number of carbonyl (C=O) groups excluding carboxylic acids is 1. The summed E-state index contributed by atoms with van der Waals surface area (Å²) in [5.74, 6) is 0.309. The molecule has 0 saturated carbocycles. The Morgan fingerprint density at radius 3 is 2.77 bits per heavy atom. The number of nitrogens with zero attached hydrogens (tertiary/aromatic N) is 5. The minimum absolute atomic E-state index is 0.191. The van der Waals surface area contributed by atoms with Gasteiger partial charge in [0.15, 0.2) is 5.82 Å². The molecule has 2 aromatic heterocycles. The lowest BCUT2D eigenvalue weighted by atomic mass is 10.1. The summed E-state index contributed by atoms with van der Waals surface area (Å²) in [6, 6.07) is 0.472. The van der Waals surface area contributed by atoms with Gasteiger partial charge < -0.3 is 19.5 Å². The number of pyridine rings is 1. The molecule has 0 radical (unpaired) electrons. The number of alkyl halides is 3. The van der Waals surface area contributed by atoms with Crippen LogP contribution in [0.2, 0.25) is 0 Å². The van der Waals surface area contributed by atoms with E-state index in [1.165, 1.54) is 23.5 Å². The first-order valence-corrected chi connectivity index (χ1v) is 7.83. The molecule has 1 aliphatic rings. The standard InChI is InChI=1S/C15H17F3N6O2/c1-9(13-22-20-8-23(13)2)21-14(25)24-6-10(7-24)26-12-3-4-19-5-11(12)15(16,17)18/h3-5,8-10H,6-7H2,1-2H3,(H,21,25). The zero-order valence-corrected chi connectivity index (χ0v) is 14.1. The SMILES string of the molecule is CC(NC(=O)N1CC(Oc2ccncc2C(F)(F)F)C1)c1nncn1C. The summed E-state index contributed by atoms with van der Waals surface area (Å²) in [7, 11) is 1.76. The number of amides is 2. The van der Waals surface area contributed by atoms with Crippen molar-refractivity contribution in [2.45, 2.75) is 25.2 Å². The fourth-order valence-corrected chi connectivity index (χ4v) is 2.58. The van der Waals surface area contributed by atoms with Crippen LogP contribution >= 0.6 is 0 Å². The van der Waals surface area contributed by atoms with Gasteiger partial charge >= 0.3 is 12.2 Å². The fourth-order valence-electron chi connectivity index (χ4n) is 2.58. The van der Waals surface area contributed by atoms with Crippen molar-refractivity contribution < 1.29 is 22.7 Å². The van der Waals surface area contributed by atoms with Crippen LogP contribution in [-0.2, 0) is 13.2 Å². The van der Waals surface area contributed by atoms with Crippen LogP contribution in [0.15, 0.2) is 24.8 Å². The van der Waals surface area contributed by atoms with E-state index in [2.05, 4.69) is 20.5 Å². The van der Waals surface area contributed by atoms with E-state index >= 15 is 0 Å². The zero-order chi connectivity index (χ0) is 18.9. The van der Waals surface area contributed by atoms with Gasteiger partial charge in [0.05, 0.1) is 19.1 Å². The first-order chi connectivity index (χ1) is 12.3. The van der Waals surface area contributed by atoms with E-state index < -0.39 is 17.8 Å². The van der Waals surface area contributed by atoms with Gasteiger partial charge in [0, 0.05) is 19.4 Å². The number of rotatable bonds is 4. The normalized spacial score (nSPS) is 16.1. The topological polar surface area (TPSA) is 85.2 Å². The highest BCUT2D eigenvalue weighted by molar-refractivity contribution is 5.75. The van der Waals surface area contributed by atoms with Crippen LogP contribution in [-0.4, -0.2) is 49.9 Å². The minimum Gasteiger partial charge on any atom is -0.486 e. The largest absolute Gasteiger partial charge is 0.486 e. The molecule has 1 N–H and O–H groups in total. The highest BCUT2D eigenvalue weighted by Gasteiger charge is 2.38. The van der Waals surface area contributed by atoms with Gasteiger partial charge in [0.2, 0.25) is 0 Å². The van der Waals surface area contributed by atoms with Gasteiger partial charge in [-0.15, -0.1) is 10.2 Å². The number of nitrogens with one attached hydrogen (secondary N) is 1. The van der Waals surface area contributed by atoms with Crippen LogP contribution in [0.1, 0.15) is 24.4 Å². The molecule has 2 amide bonds. The molecule has 1 fully saturated rings. The number of hydrogen-bond acceptors (Lipinski definition) is 5. The number of likely N-dealkylation sites (tertiary alicyclic amines) is 1. The van der Waals surface area contributed by atoms with Crippen molar-refractivity contribution in [3.05, 3.63) is 36.2 Å². The van der Waals surface area contributed by atoms with E-state index in [-0.39, 0.29) is 30.9 Å². The zero-order valence-electron chi connectivity index (χ0n) is 14.1. The molecule has 0 aromatic carbocycles. The second kappa shape index (κ2) is 6.81. The lowest BCUT2D eigenvalue weighted by Crippen LogP contribution is -2.59. The molecule has 1 saturated heterocycles. The van der Waals surface area contributed by atoms with Crippen LogP contribution < -0.4 is 10.1 Å². The molecule has 8 nitrogen and oxygen atoms in total. The summed E-state index contributed by atoms with van der Waals surface area (Å²) >= 11 is 0. The molecule has 3 heterocycles. The molecule has 2 aromatic rings. The third-order valence-corrected chi connectivity index (χ3v) is 3.99. The van der Waals surface area contributed by atoms with Crippen molar-refractivity contribution in [3.8, 4) is 5.75 Å². The lowest BCUT2D eigenvalue weighted by Gasteiger charge is -2.39. The summed E-state index contributed by atoms with van der Waals surface area (Å²) < 4.78 is 45.9. The third kappa shape index (κ3) is 3.70. The second-order valence-corrected chi connectivity index (χ2v) is 5.99. The highest BCUT2D eigenvalue weighted by Crippen LogP contribution is 2.36. The fraction of sp³-hybridized carbons (Fsp3) is 0.467. The molecule has 0 spiro atoms. The molecule has 26 heavy (non-hydrogen) atoms. The predicted octanol–water partition coefficient (Wildman–Crippen LogP) is 1.76. The number of ether oxygens (including phenoxy) is 1. The van der Waals surface area contributed by atoms with Crippen molar-refractivity contribution in [2.24, 2.45) is 7.05 Å². The number of halogens is 3. The van der Waals surface area contributed by atoms with Crippen molar-refractivity contribution in [2.75, 3.05) is 13.1 Å². The van der Waals surface area contributed by atoms with Gasteiger partial charge in [0.25, 0.3) is 0 Å². The molecule has 11 heteroatoms. The van der Waals surface area contributed by atoms with Crippen molar-refractivity contribution >= 4 is 6.03 Å². The predicted molar refractivity (Wildman–Crippen MR) is 83.2 cm³/mol. The van der Waals surface area contributed by atoms with Gasteiger partial charge in [0.1, 0.15) is 23.7 Å². The Labute approximate surface area is 147 Å². The Morgan fingerprint density at radius 1 is 1.42 bits per heavy atom. The average Bonchev–Trinajstić information content (AvgIpc) is 2.96. The number of urea groups is 1. The lowest BCUT2D eigenvalue weighted by molar-refractivity contribution is -0.140. The molecule has 1 aliphatic heterocycles. The second-order valence-electron chi connectivity index (χ2n) is 5.99. The third-order valence-electron chi connectivity index (χ3n) is 3.99. The number of aryl methyl sites for hydroxylation is 1. The Kier molecular flexibility index (Phi) is 4.70. The summed E-state index contributed by atoms with van der Waals surface area (Å²) in [4.78, 5) is 17.1. The maximum absolute atomic E-state index is 12.9. The Bertz CT molecular complexity index is 788. The average molecular weight is 370 g/mol. The Hall–Kier alpha value is -2.85. The maximum atomic E-state index is 12.9. The van der Waals surface area contributed by atoms with E-state index in [0.29, 0.717) is 5.82 Å². The van der Waals surface area contributed by atoms with E-state index in [1.807, 2.05) is 0 Å². The van der Waals surface area contributed by atoms with E-state index in [1.54, 1.807) is 18.5 Å². The van der Waals surface area contributed by atoms with E-state index in [9.17, 15) is 18.0 Å². The molecule has 140 valence electrons. The Balaban J connectivity index is 1.53. The van der Waals surface area contributed by atoms with Crippen LogP contribution in [0.25, 0.3) is 0 Å². The molecule has 3 rings (SSSR count). The molecule has 1 unspecified atom stereocenters. The number of hydrogen-bond donors (Lipinski definition) is 1. The molecular weight excluding hydrogens is 353 g/mol. The number of aromatic nitrogens is 4. The van der Waals surface area contributed by atoms with Crippen LogP contribution in [0, 0.1) is 0 Å². The minimum atomic E-state index is -4.55. The maximum Gasteiger partial charge on any atom is 0.421 e. The Morgan fingerprint density at radius 2 is 2.15 bits per heavy atom. The monoisotopic (exact) mass is 370 g/mol. The molecule has 0 bridgehead atoms. The van der Waals surface area contributed by atoms with Gasteiger partial charge in [-0.3, -0.25) is 4.98 Å². The smallest absolute Gasteiger partial charge is 0.421 e. The molecule has 1 atom stereocenters. The summed E-state index contributed by atoms with van der Waals surface area (Å²) in [5, 5.41) is 10.4. The molecule has 0 aliphatic carbocycles. The van der Waals surface area contributed by atoms with Gasteiger partial charge in [-0.05, 0) is 13.0 Å². The van der Waals surface area contributed by atoms with Crippen LogP contribution in [0.3, 0.4) is 0 Å². The summed E-state index contributed by atoms with van der Waals surface area (Å²) in [5.41, 5.74) is -0.932. The van der Waals surface area contributed by atoms with Crippen molar-refractivity contribution in [1.82, 2.24) is 30.0 Å². The van der Waals surface area contributed by atoms with Crippen LogP contribution in [0.4, 0.5) is 18.0 Å². The van der Waals surface area contributed by atoms with Gasteiger partial charge in [-0.25, -0.2) is 4.79 Å². The number of carbonyl (C=O) groups is 1. The first-order valence-electron chi connectivity index (χ1n) is 7.83. The van der Waals surface area contributed by atoms with Gasteiger partial charge in [-0.2, -0.15) is 13.2 Å². The quantitative estimate of drug-likeness (QED) is 0.887. The summed E-state index contributed by atoms with van der Waals surface area (Å²) in [6.45, 7) is 2.15. The van der Waals surface area contributed by atoms with Gasteiger partial charge in [-0.1, -0.05) is 0 Å². The molecular formula is C15H17F3N6O2. The van der Waals surface area contributed by atoms with E-state index in [0.717, 1.165) is 6.20 Å².